The Hall–Kier alpha value is -0.540. The molecule has 0 N–H and O–H groups in total. The zero-order valence-corrected chi connectivity index (χ0v) is 8.95. The normalized spacial score (nSPS) is 10.0. The Morgan fingerprint density at radius 3 is 3.00 bits per heavy atom. The van der Waals surface area contributed by atoms with Crippen LogP contribution in [-0.2, 0) is 16.0 Å². The van der Waals surface area contributed by atoms with Gasteiger partial charge in [0, 0.05) is 4.88 Å². The SMILES string of the molecule is CCOC(=O)CCc1sccc1Cl. The highest BCUT2D eigenvalue weighted by Crippen LogP contribution is 2.23. The van der Waals surface area contributed by atoms with Gasteiger partial charge in [0.15, 0.2) is 0 Å². The second-order valence-corrected chi connectivity index (χ2v) is 3.90. The van der Waals surface area contributed by atoms with Gasteiger partial charge in [0.2, 0.25) is 0 Å². The van der Waals surface area contributed by atoms with Gasteiger partial charge in [-0.25, -0.2) is 0 Å². The van der Waals surface area contributed by atoms with Crippen LogP contribution in [0.1, 0.15) is 18.2 Å². The second-order valence-electron chi connectivity index (χ2n) is 2.50. The smallest absolute Gasteiger partial charge is 0.306 e. The summed E-state index contributed by atoms with van der Waals surface area (Å²) in [4.78, 5) is 12.0. The number of thiophene rings is 1. The monoisotopic (exact) mass is 218 g/mol. The van der Waals surface area contributed by atoms with Crippen LogP contribution in [0.5, 0.6) is 0 Å². The van der Waals surface area contributed by atoms with Gasteiger partial charge in [-0.05, 0) is 24.8 Å². The molecule has 1 rings (SSSR count). The molecule has 0 saturated carbocycles. The maximum Gasteiger partial charge on any atom is 0.306 e. The molecule has 0 atom stereocenters. The average Bonchev–Trinajstić information content (AvgIpc) is 2.48. The van der Waals surface area contributed by atoms with E-state index in [2.05, 4.69) is 0 Å². The minimum atomic E-state index is -0.160. The number of aryl methyl sites for hydroxylation is 1. The molecule has 1 heterocycles. The van der Waals surface area contributed by atoms with Gasteiger partial charge in [-0.3, -0.25) is 4.79 Å². The third-order valence-corrected chi connectivity index (χ3v) is 3.00. The summed E-state index contributed by atoms with van der Waals surface area (Å²) in [6.07, 6.45) is 1.09. The Kier molecular flexibility index (Phi) is 4.25. The molecule has 0 radical (unpaired) electrons. The number of ether oxygens (including phenoxy) is 1. The molecule has 0 aliphatic carbocycles. The van der Waals surface area contributed by atoms with Crippen LogP contribution in [-0.4, -0.2) is 12.6 Å². The van der Waals surface area contributed by atoms with Gasteiger partial charge in [-0.15, -0.1) is 11.3 Å². The van der Waals surface area contributed by atoms with Gasteiger partial charge in [-0.2, -0.15) is 0 Å². The van der Waals surface area contributed by atoms with Gasteiger partial charge < -0.3 is 4.74 Å². The molecular formula is C9H11ClO2S. The quantitative estimate of drug-likeness (QED) is 0.727. The zero-order chi connectivity index (χ0) is 9.68. The third-order valence-electron chi connectivity index (χ3n) is 1.55. The number of carbonyl (C=O) groups excluding carboxylic acids is 1. The Morgan fingerprint density at radius 1 is 1.69 bits per heavy atom. The lowest BCUT2D eigenvalue weighted by Crippen LogP contribution is -2.04. The molecule has 0 aliphatic rings. The van der Waals surface area contributed by atoms with Crippen LogP contribution >= 0.6 is 22.9 Å². The lowest BCUT2D eigenvalue weighted by molar-refractivity contribution is -0.143. The van der Waals surface area contributed by atoms with Crippen LogP contribution in [0.2, 0.25) is 5.02 Å². The Balaban J connectivity index is 2.35. The summed E-state index contributed by atoms with van der Waals surface area (Å²) in [5.74, 6) is -0.160. The molecule has 0 bridgehead atoms. The first-order valence-electron chi connectivity index (χ1n) is 4.11. The zero-order valence-electron chi connectivity index (χ0n) is 7.38. The van der Waals surface area contributed by atoms with Crippen molar-refractivity contribution in [3.63, 3.8) is 0 Å². The van der Waals surface area contributed by atoms with E-state index < -0.39 is 0 Å². The van der Waals surface area contributed by atoms with Crippen molar-refractivity contribution < 1.29 is 9.53 Å². The molecule has 4 heteroatoms. The topological polar surface area (TPSA) is 26.3 Å². The van der Waals surface area contributed by atoms with Crippen molar-refractivity contribution in [2.24, 2.45) is 0 Å². The molecule has 0 fully saturated rings. The fraction of sp³-hybridized carbons (Fsp3) is 0.444. The molecule has 0 aliphatic heterocycles. The summed E-state index contributed by atoms with van der Waals surface area (Å²) in [7, 11) is 0. The van der Waals surface area contributed by atoms with Crippen molar-refractivity contribution >= 4 is 28.9 Å². The van der Waals surface area contributed by atoms with Crippen LogP contribution in [0, 0.1) is 0 Å². The van der Waals surface area contributed by atoms with E-state index in [-0.39, 0.29) is 5.97 Å². The van der Waals surface area contributed by atoms with Crippen LogP contribution < -0.4 is 0 Å². The van der Waals surface area contributed by atoms with Crippen LogP contribution in [0.15, 0.2) is 11.4 Å². The summed E-state index contributed by atoms with van der Waals surface area (Å²) in [6.45, 7) is 2.24. The Morgan fingerprint density at radius 2 is 2.46 bits per heavy atom. The summed E-state index contributed by atoms with van der Waals surface area (Å²) in [5, 5.41) is 2.66. The molecule has 0 aromatic carbocycles. The van der Waals surface area contributed by atoms with Crippen molar-refractivity contribution in [1.82, 2.24) is 0 Å². The number of halogens is 1. The van der Waals surface area contributed by atoms with Crippen molar-refractivity contribution in [2.45, 2.75) is 19.8 Å². The van der Waals surface area contributed by atoms with Crippen LogP contribution in [0.4, 0.5) is 0 Å². The summed E-state index contributed by atoms with van der Waals surface area (Å²) < 4.78 is 4.80. The molecule has 72 valence electrons. The van der Waals surface area contributed by atoms with Gasteiger partial charge in [0.1, 0.15) is 0 Å². The van der Waals surface area contributed by atoms with E-state index in [0.717, 1.165) is 9.90 Å². The molecule has 2 nitrogen and oxygen atoms in total. The molecule has 0 amide bonds. The first kappa shape index (κ1) is 10.5. The average molecular weight is 219 g/mol. The number of esters is 1. The molecular weight excluding hydrogens is 208 g/mol. The van der Waals surface area contributed by atoms with Gasteiger partial charge in [-0.1, -0.05) is 11.6 Å². The van der Waals surface area contributed by atoms with E-state index in [4.69, 9.17) is 16.3 Å². The fourth-order valence-electron chi connectivity index (χ4n) is 0.952. The number of hydrogen-bond donors (Lipinski definition) is 0. The molecule has 0 unspecified atom stereocenters. The predicted octanol–water partition coefficient (Wildman–Crippen LogP) is 2.90. The summed E-state index contributed by atoms with van der Waals surface area (Å²) in [6, 6.07) is 1.84. The molecule has 1 aromatic rings. The van der Waals surface area contributed by atoms with Crippen LogP contribution in [0.3, 0.4) is 0 Å². The first-order valence-corrected chi connectivity index (χ1v) is 5.37. The van der Waals surface area contributed by atoms with E-state index >= 15 is 0 Å². The minimum Gasteiger partial charge on any atom is -0.466 e. The Bertz CT molecular complexity index is 283. The van der Waals surface area contributed by atoms with Crippen molar-refractivity contribution in [1.29, 1.82) is 0 Å². The third kappa shape index (κ3) is 3.36. The highest BCUT2D eigenvalue weighted by Gasteiger charge is 2.06. The van der Waals surface area contributed by atoms with Gasteiger partial charge in [0.25, 0.3) is 0 Å². The highest BCUT2D eigenvalue weighted by atomic mass is 35.5. The number of rotatable bonds is 4. The first-order chi connectivity index (χ1) is 6.24. The predicted molar refractivity (Wildman–Crippen MR) is 54.3 cm³/mol. The minimum absolute atomic E-state index is 0.160. The van der Waals surface area contributed by atoms with Gasteiger partial charge >= 0.3 is 5.97 Å². The van der Waals surface area contributed by atoms with Crippen molar-refractivity contribution in [3.8, 4) is 0 Å². The number of carbonyl (C=O) groups is 1. The van der Waals surface area contributed by atoms with Crippen molar-refractivity contribution in [3.05, 3.63) is 21.3 Å². The van der Waals surface area contributed by atoms with Crippen molar-refractivity contribution in [2.75, 3.05) is 6.61 Å². The summed E-state index contributed by atoms with van der Waals surface area (Å²) in [5.41, 5.74) is 0. The number of hydrogen-bond acceptors (Lipinski definition) is 3. The standard InChI is InChI=1S/C9H11ClO2S/c1-2-12-9(11)4-3-8-7(10)5-6-13-8/h5-6H,2-4H2,1H3. The largest absolute Gasteiger partial charge is 0.466 e. The molecule has 0 spiro atoms. The summed E-state index contributed by atoms with van der Waals surface area (Å²) >= 11 is 7.43. The maximum atomic E-state index is 11.0. The van der Waals surface area contributed by atoms with E-state index in [1.807, 2.05) is 11.4 Å². The lowest BCUT2D eigenvalue weighted by atomic mass is 10.3. The van der Waals surface area contributed by atoms with E-state index in [9.17, 15) is 4.79 Å². The van der Waals surface area contributed by atoms with E-state index in [1.165, 1.54) is 0 Å². The lowest BCUT2D eigenvalue weighted by Gasteiger charge is -2.00. The molecule has 13 heavy (non-hydrogen) atoms. The maximum absolute atomic E-state index is 11.0. The molecule has 0 saturated heterocycles. The second kappa shape index (κ2) is 5.25. The fourth-order valence-corrected chi connectivity index (χ4v) is 2.09. The molecule has 1 aromatic heterocycles. The van der Waals surface area contributed by atoms with Gasteiger partial charge in [0.05, 0.1) is 18.1 Å². The highest BCUT2D eigenvalue weighted by molar-refractivity contribution is 7.10. The van der Waals surface area contributed by atoms with E-state index in [0.29, 0.717) is 19.4 Å². The van der Waals surface area contributed by atoms with E-state index in [1.54, 1.807) is 18.3 Å². The Labute approximate surface area is 86.5 Å². The van der Waals surface area contributed by atoms with Crippen LogP contribution in [0.25, 0.3) is 0 Å².